The number of cyclic esters (lactones) is 2. The molecule has 2 aliphatic rings. The Morgan fingerprint density at radius 3 is 2.57 bits per heavy atom. The molecule has 2 heterocycles. The number of carbonyl (C=O) groups is 2. The lowest BCUT2D eigenvalue weighted by molar-refractivity contribution is 0.0391. The molecule has 0 bridgehead atoms. The van der Waals surface area contributed by atoms with Crippen LogP contribution in [0, 0.1) is 0 Å². The van der Waals surface area contributed by atoms with E-state index in [4.69, 9.17) is 9.47 Å². The number of hydrogen-bond acceptors (Lipinski definition) is 5. The van der Waals surface area contributed by atoms with E-state index in [1.165, 1.54) is 0 Å². The van der Waals surface area contributed by atoms with Crippen molar-refractivity contribution in [2.75, 3.05) is 31.2 Å². The predicted molar refractivity (Wildman–Crippen MR) is 76.7 cm³/mol. The molecule has 21 heavy (non-hydrogen) atoms. The quantitative estimate of drug-likeness (QED) is 0.592. The van der Waals surface area contributed by atoms with Gasteiger partial charge in [0, 0.05) is 18.5 Å². The van der Waals surface area contributed by atoms with Crippen LogP contribution in [0.25, 0.3) is 10.8 Å². The van der Waals surface area contributed by atoms with Gasteiger partial charge < -0.3 is 14.4 Å². The van der Waals surface area contributed by atoms with Crippen molar-refractivity contribution in [2.24, 2.45) is 0 Å². The molecule has 0 spiro atoms. The van der Waals surface area contributed by atoms with Crippen LogP contribution >= 0.6 is 0 Å². The Labute approximate surface area is 121 Å². The van der Waals surface area contributed by atoms with E-state index in [9.17, 15) is 9.59 Å². The van der Waals surface area contributed by atoms with Crippen LogP contribution in [-0.4, -0.2) is 38.2 Å². The fourth-order valence-electron chi connectivity index (χ4n) is 3.00. The third-order valence-electron chi connectivity index (χ3n) is 3.98. The zero-order chi connectivity index (χ0) is 14.4. The average Bonchev–Trinajstić information content (AvgIpc) is 2.53. The molecule has 0 amide bonds. The Hall–Kier alpha value is -2.40. The highest BCUT2D eigenvalue weighted by Crippen LogP contribution is 2.35. The summed E-state index contributed by atoms with van der Waals surface area (Å²) in [7, 11) is 0. The Balaban J connectivity index is 2.00. The highest BCUT2D eigenvalue weighted by molar-refractivity contribution is 6.23. The second-order valence-corrected chi connectivity index (χ2v) is 5.14. The molecular formula is C16H13NO4. The summed E-state index contributed by atoms with van der Waals surface area (Å²) >= 11 is 0. The molecule has 0 saturated carbocycles. The molecule has 0 unspecified atom stereocenters. The second-order valence-electron chi connectivity index (χ2n) is 5.14. The summed E-state index contributed by atoms with van der Waals surface area (Å²) in [5, 5.41) is 1.58. The Morgan fingerprint density at radius 2 is 1.76 bits per heavy atom. The van der Waals surface area contributed by atoms with Crippen molar-refractivity contribution in [1.82, 2.24) is 0 Å². The lowest BCUT2D eigenvalue weighted by Gasteiger charge is -2.31. The first kappa shape index (κ1) is 12.3. The molecule has 2 aromatic carbocycles. The maximum Gasteiger partial charge on any atom is 0.348 e. The van der Waals surface area contributed by atoms with Gasteiger partial charge in [0.1, 0.15) is 0 Å². The van der Waals surface area contributed by atoms with Crippen molar-refractivity contribution in [3.05, 3.63) is 41.5 Å². The van der Waals surface area contributed by atoms with E-state index in [1.54, 1.807) is 12.1 Å². The first-order valence-electron chi connectivity index (χ1n) is 6.90. The van der Waals surface area contributed by atoms with E-state index in [-0.39, 0.29) is 0 Å². The van der Waals surface area contributed by atoms with E-state index in [2.05, 4.69) is 4.90 Å². The number of rotatable bonds is 1. The van der Waals surface area contributed by atoms with Crippen molar-refractivity contribution in [3.63, 3.8) is 0 Å². The van der Waals surface area contributed by atoms with Gasteiger partial charge in [0.2, 0.25) is 0 Å². The topological polar surface area (TPSA) is 55.8 Å². The first-order valence-corrected chi connectivity index (χ1v) is 6.90. The van der Waals surface area contributed by atoms with E-state index in [1.807, 2.05) is 18.2 Å². The zero-order valence-electron chi connectivity index (χ0n) is 11.3. The maximum absolute atomic E-state index is 12.2. The van der Waals surface area contributed by atoms with Crippen LogP contribution < -0.4 is 4.90 Å². The number of morpholine rings is 1. The van der Waals surface area contributed by atoms with E-state index < -0.39 is 11.9 Å². The molecule has 4 rings (SSSR count). The summed E-state index contributed by atoms with van der Waals surface area (Å²) in [4.78, 5) is 26.2. The minimum Gasteiger partial charge on any atom is -0.386 e. The van der Waals surface area contributed by atoms with Gasteiger partial charge in [-0.15, -0.1) is 0 Å². The number of esters is 2. The Bertz CT molecular complexity index is 762. The Kier molecular flexibility index (Phi) is 2.68. The zero-order valence-corrected chi connectivity index (χ0v) is 11.3. The van der Waals surface area contributed by atoms with Crippen molar-refractivity contribution >= 4 is 28.4 Å². The molecule has 0 aliphatic carbocycles. The third kappa shape index (κ3) is 1.81. The molecular weight excluding hydrogens is 270 g/mol. The SMILES string of the molecule is O=C1OC(=O)c2c(N3CCOCC3)ccc3cccc1c23. The van der Waals surface area contributed by atoms with Crippen molar-refractivity contribution in [1.29, 1.82) is 0 Å². The van der Waals surface area contributed by atoms with Gasteiger partial charge in [0.25, 0.3) is 0 Å². The summed E-state index contributed by atoms with van der Waals surface area (Å²) in [6, 6.07) is 9.26. The molecule has 5 nitrogen and oxygen atoms in total. The van der Waals surface area contributed by atoms with Crippen LogP contribution in [0.15, 0.2) is 30.3 Å². The monoisotopic (exact) mass is 283 g/mol. The fourth-order valence-corrected chi connectivity index (χ4v) is 3.00. The molecule has 2 aromatic rings. The van der Waals surface area contributed by atoms with E-state index in [0.717, 1.165) is 24.2 Å². The molecule has 0 atom stereocenters. The Morgan fingerprint density at radius 1 is 0.952 bits per heavy atom. The minimum absolute atomic E-state index is 0.456. The smallest absolute Gasteiger partial charge is 0.348 e. The third-order valence-corrected chi connectivity index (χ3v) is 3.98. The summed E-state index contributed by atoms with van der Waals surface area (Å²) in [6.45, 7) is 2.71. The molecule has 0 N–H and O–H groups in total. The van der Waals surface area contributed by atoms with Gasteiger partial charge in [0.05, 0.1) is 30.0 Å². The van der Waals surface area contributed by atoms with Gasteiger partial charge in [-0.3, -0.25) is 0 Å². The van der Waals surface area contributed by atoms with Crippen molar-refractivity contribution in [2.45, 2.75) is 0 Å². The first-order chi connectivity index (χ1) is 10.3. The summed E-state index contributed by atoms with van der Waals surface area (Å²) in [6.07, 6.45) is 0. The van der Waals surface area contributed by atoms with Crippen LogP contribution in [0.3, 0.4) is 0 Å². The van der Waals surface area contributed by atoms with Gasteiger partial charge in [-0.1, -0.05) is 18.2 Å². The molecule has 5 heteroatoms. The van der Waals surface area contributed by atoms with Gasteiger partial charge >= 0.3 is 11.9 Å². The second kappa shape index (κ2) is 4.56. The van der Waals surface area contributed by atoms with E-state index >= 15 is 0 Å². The van der Waals surface area contributed by atoms with Gasteiger partial charge in [-0.2, -0.15) is 0 Å². The predicted octanol–water partition coefficient (Wildman–Crippen LogP) is 1.99. The normalized spacial score (nSPS) is 18.0. The van der Waals surface area contributed by atoms with Gasteiger partial charge in [0.15, 0.2) is 0 Å². The lowest BCUT2D eigenvalue weighted by atomic mass is 9.95. The lowest BCUT2D eigenvalue weighted by Crippen LogP contribution is -2.37. The molecule has 2 aliphatic heterocycles. The number of benzene rings is 2. The number of carbonyl (C=O) groups excluding carboxylic acids is 2. The highest BCUT2D eigenvalue weighted by atomic mass is 16.6. The van der Waals surface area contributed by atoms with E-state index in [0.29, 0.717) is 29.7 Å². The van der Waals surface area contributed by atoms with Crippen molar-refractivity contribution < 1.29 is 19.1 Å². The van der Waals surface area contributed by atoms with Crippen molar-refractivity contribution in [3.8, 4) is 0 Å². The summed E-state index contributed by atoms with van der Waals surface area (Å²) in [5.41, 5.74) is 1.76. The molecule has 0 radical (unpaired) electrons. The van der Waals surface area contributed by atoms with Crippen LogP contribution in [0.5, 0.6) is 0 Å². The fraction of sp³-hybridized carbons (Fsp3) is 0.250. The minimum atomic E-state index is -0.572. The highest BCUT2D eigenvalue weighted by Gasteiger charge is 2.31. The number of ether oxygens (including phenoxy) is 2. The largest absolute Gasteiger partial charge is 0.386 e. The summed E-state index contributed by atoms with van der Waals surface area (Å²) < 4.78 is 10.3. The molecule has 1 saturated heterocycles. The molecule has 106 valence electrons. The van der Waals surface area contributed by atoms with Gasteiger partial charge in [-0.25, -0.2) is 9.59 Å². The molecule has 0 aromatic heterocycles. The number of nitrogens with zero attached hydrogens (tertiary/aromatic N) is 1. The maximum atomic E-state index is 12.2. The van der Waals surface area contributed by atoms with Crippen LogP contribution in [-0.2, 0) is 9.47 Å². The summed E-state index contributed by atoms with van der Waals surface area (Å²) in [5.74, 6) is -1.14. The van der Waals surface area contributed by atoms with Crippen LogP contribution in [0.4, 0.5) is 5.69 Å². The number of hydrogen-bond donors (Lipinski definition) is 0. The van der Waals surface area contributed by atoms with Crippen LogP contribution in [0.2, 0.25) is 0 Å². The standard InChI is InChI=1S/C16H13NO4/c18-15-11-3-1-2-10-4-5-12(17-6-8-20-9-7-17)14(13(10)11)16(19)21-15/h1-5H,6-9H2. The average molecular weight is 283 g/mol. The van der Waals surface area contributed by atoms with Crippen LogP contribution in [0.1, 0.15) is 20.7 Å². The number of anilines is 1. The molecule has 1 fully saturated rings. The van der Waals surface area contributed by atoms with Gasteiger partial charge in [-0.05, 0) is 17.5 Å².